The fourth-order valence-electron chi connectivity index (χ4n) is 2.34. The molecular formula is C12H25NO2S. The van der Waals surface area contributed by atoms with Gasteiger partial charge >= 0.3 is 0 Å². The number of nitrogens with two attached hydrogens (primary N) is 1. The molecule has 0 saturated heterocycles. The van der Waals surface area contributed by atoms with Gasteiger partial charge in [0.15, 0.2) is 9.84 Å². The van der Waals surface area contributed by atoms with Gasteiger partial charge in [0.25, 0.3) is 0 Å². The topological polar surface area (TPSA) is 60.2 Å². The van der Waals surface area contributed by atoms with Crippen molar-refractivity contribution >= 4 is 9.84 Å². The van der Waals surface area contributed by atoms with E-state index in [1.54, 1.807) is 0 Å². The van der Waals surface area contributed by atoms with E-state index < -0.39 is 9.84 Å². The Labute approximate surface area is 99.7 Å². The summed E-state index contributed by atoms with van der Waals surface area (Å²) in [6.45, 7) is 6.24. The first-order valence-corrected chi connectivity index (χ1v) is 8.01. The molecule has 0 aliphatic heterocycles. The van der Waals surface area contributed by atoms with E-state index in [4.69, 9.17) is 5.73 Å². The molecule has 4 unspecified atom stereocenters. The summed E-state index contributed by atoms with van der Waals surface area (Å²) in [4.78, 5) is 0. The first-order valence-electron chi connectivity index (χ1n) is 6.30. The normalized spacial score (nSPS) is 33.6. The predicted molar refractivity (Wildman–Crippen MR) is 68.0 cm³/mol. The molecule has 0 aromatic heterocycles. The van der Waals surface area contributed by atoms with Crippen LogP contribution < -0.4 is 5.73 Å². The van der Waals surface area contributed by atoms with Crippen LogP contribution in [-0.2, 0) is 9.84 Å². The van der Waals surface area contributed by atoms with Crippen molar-refractivity contribution in [2.24, 2.45) is 17.6 Å². The van der Waals surface area contributed by atoms with Crippen molar-refractivity contribution in [3.8, 4) is 0 Å². The predicted octanol–water partition coefficient (Wildman–Crippen LogP) is 1.96. The lowest BCUT2D eigenvalue weighted by Gasteiger charge is -2.31. The fraction of sp³-hybridized carbons (Fsp3) is 1.00. The van der Waals surface area contributed by atoms with Gasteiger partial charge in [-0.3, -0.25) is 0 Å². The third-order valence-corrected chi connectivity index (χ3v) is 6.16. The minimum Gasteiger partial charge on any atom is -0.328 e. The summed E-state index contributed by atoms with van der Waals surface area (Å²) in [6.07, 6.45) is 3.31. The zero-order valence-corrected chi connectivity index (χ0v) is 11.5. The quantitative estimate of drug-likeness (QED) is 0.826. The van der Waals surface area contributed by atoms with Gasteiger partial charge in [0.1, 0.15) is 0 Å². The molecule has 0 heterocycles. The molecule has 3 nitrogen and oxygen atoms in total. The maximum Gasteiger partial charge on any atom is 0.153 e. The van der Waals surface area contributed by atoms with Crippen LogP contribution in [0.25, 0.3) is 0 Å². The molecule has 1 aliphatic carbocycles. The van der Waals surface area contributed by atoms with Gasteiger partial charge in [-0.2, -0.15) is 0 Å². The maximum atomic E-state index is 12.1. The Hall–Kier alpha value is -0.0900. The Kier molecular flexibility index (Phi) is 4.80. The lowest BCUT2D eigenvalue weighted by molar-refractivity contribution is 0.278. The molecule has 0 aromatic carbocycles. The molecular weight excluding hydrogens is 222 g/mol. The van der Waals surface area contributed by atoms with Crippen LogP contribution in [0.1, 0.15) is 46.5 Å². The summed E-state index contributed by atoms with van der Waals surface area (Å²) in [7, 11) is -2.91. The minimum atomic E-state index is -2.91. The summed E-state index contributed by atoms with van der Waals surface area (Å²) in [6, 6.07) is -0.0188. The molecule has 4 atom stereocenters. The molecule has 1 rings (SSSR count). The average Bonchev–Trinajstić information content (AvgIpc) is 2.19. The number of hydrogen-bond donors (Lipinski definition) is 1. The van der Waals surface area contributed by atoms with Crippen LogP contribution in [0.4, 0.5) is 0 Å². The Balaban J connectivity index is 2.56. The zero-order chi connectivity index (χ0) is 12.3. The van der Waals surface area contributed by atoms with Crippen LogP contribution in [0.3, 0.4) is 0 Å². The second-order valence-electron chi connectivity index (χ2n) is 5.52. The van der Waals surface area contributed by atoms with Crippen LogP contribution >= 0.6 is 0 Å². The van der Waals surface area contributed by atoms with Crippen LogP contribution in [-0.4, -0.2) is 25.5 Å². The van der Waals surface area contributed by atoms with Gasteiger partial charge in [-0.1, -0.05) is 13.8 Å². The standard InChI is InChI=1S/C12H25NO2S/c1-9-4-5-12(8-10(9)2)16(14,15)7-6-11(3)13/h9-12H,4-8,13H2,1-3H3. The average molecular weight is 247 g/mol. The third-order valence-electron chi connectivity index (χ3n) is 3.92. The summed E-state index contributed by atoms with van der Waals surface area (Å²) in [5.74, 6) is 1.46. The summed E-state index contributed by atoms with van der Waals surface area (Å²) >= 11 is 0. The number of sulfone groups is 1. The monoisotopic (exact) mass is 247 g/mol. The highest BCUT2D eigenvalue weighted by Gasteiger charge is 2.32. The van der Waals surface area contributed by atoms with E-state index in [9.17, 15) is 8.42 Å². The molecule has 0 aromatic rings. The van der Waals surface area contributed by atoms with Gasteiger partial charge in [-0.25, -0.2) is 8.42 Å². The largest absolute Gasteiger partial charge is 0.328 e. The molecule has 0 amide bonds. The Morgan fingerprint density at radius 2 is 1.88 bits per heavy atom. The van der Waals surface area contributed by atoms with E-state index in [-0.39, 0.29) is 17.0 Å². The van der Waals surface area contributed by atoms with Crippen molar-refractivity contribution in [1.29, 1.82) is 0 Å². The van der Waals surface area contributed by atoms with Crippen LogP contribution in [0.2, 0.25) is 0 Å². The number of hydrogen-bond acceptors (Lipinski definition) is 3. The molecule has 1 saturated carbocycles. The maximum absolute atomic E-state index is 12.1. The first kappa shape index (κ1) is 14.0. The second kappa shape index (κ2) is 5.50. The van der Waals surface area contributed by atoms with Crippen molar-refractivity contribution in [1.82, 2.24) is 0 Å². The van der Waals surface area contributed by atoms with E-state index >= 15 is 0 Å². The lowest BCUT2D eigenvalue weighted by Crippen LogP contribution is -2.33. The van der Waals surface area contributed by atoms with Gasteiger partial charge in [-0.15, -0.1) is 0 Å². The third kappa shape index (κ3) is 3.74. The van der Waals surface area contributed by atoms with Crippen LogP contribution in [0.5, 0.6) is 0 Å². The Morgan fingerprint density at radius 1 is 1.25 bits per heavy atom. The van der Waals surface area contributed by atoms with Gasteiger partial charge in [-0.05, 0) is 44.4 Å². The Bertz CT molecular complexity index is 311. The second-order valence-corrected chi connectivity index (χ2v) is 7.92. The van der Waals surface area contributed by atoms with Gasteiger partial charge in [0.05, 0.1) is 11.0 Å². The summed E-state index contributed by atoms with van der Waals surface area (Å²) in [5.41, 5.74) is 5.61. The highest BCUT2D eigenvalue weighted by atomic mass is 32.2. The van der Waals surface area contributed by atoms with Crippen molar-refractivity contribution in [2.45, 2.75) is 57.7 Å². The van der Waals surface area contributed by atoms with E-state index in [0.29, 0.717) is 18.3 Å². The highest BCUT2D eigenvalue weighted by molar-refractivity contribution is 7.92. The number of rotatable bonds is 4. The van der Waals surface area contributed by atoms with Crippen molar-refractivity contribution in [2.75, 3.05) is 5.75 Å². The van der Waals surface area contributed by atoms with E-state index in [1.807, 2.05) is 6.92 Å². The van der Waals surface area contributed by atoms with Crippen LogP contribution in [0, 0.1) is 11.8 Å². The van der Waals surface area contributed by atoms with E-state index in [1.165, 1.54) is 0 Å². The summed E-state index contributed by atoms with van der Waals surface area (Å²) < 4.78 is 24.2. The molecule has 2 N–H and O–H groups in total. The minimum absolute atomic E-state index is 0.0188. The molecule has 4 heteroatoms. The summed E-state index contributed by atoms with van der Waals surface area (Å²) in [5, 5.41) is -0.113. The van der Waals surface area contributed by atoms with Crippen LogP contribution in [0.15, 0.2) is 0 Å². The smallest absolute Gasteiger partial charge is 0.153 e. The van der Waals surface area contributed by atoms with E-state index in [0.717, 1.165) is 19.3 Å². The SMILES string of the molecule is CC(N)CCS(=O)(=O)C1CCC(C)C(C)C1. The molecule has 1 fully saturated rings. The van der Waals surface area contributed by atoms with E-state index in [2.05, 4.69) is 13.8 Å². The highest BCUT2D eigenvalue weighted by Crippen LogP contribution is 2.33. The van der Waals surface area contributed by atoms with Crippen molar-refractivity contribution < 1.29 is 8.42 Å². The van der Waals surface area contributed by atoms with Crippen molar-refractivity contribution in [3.05, 3.63) is 0 Å². The molecule has 0 spiro atoms. The molecule has 0 bridgehead atoms. The van der Waals surface area contributed by atoms with Crippen molar-refractivity contribution in [3.63, 3.8) is 0 Å². The molecule has 96 valence electrons. The first-order chi connectivity index (χ1) is 7.33. The van der Waals surface area contributed by atoms with Gasteiger partial charge in [0.2, 0.25) is 0 Å². The van der Waals surface area contributed by atoms with Gasteiger partial charge in [0, 0.05) is 6.04 Å². The zero-order valence-electron chi connectivity index (χ0n) is 10.6. The van der Waals surface area contributed by atoms with Gasteiger partial charge < -0.3 is 5.73 Å². The Morgan fingerprint density at radius 3 is 2.38 bits per heavy atom. The molecule has 1 aliphatic rings. The molecule has 16 heavy (non-hydrogen) atoms. The molecule has 0 radical (unpaired) electrons. The lowest BCUT2D eigenvalue weighted by atomic mass is 9.81. The fourth-order valence-corrected chi connectivity index (χ4v) is 4.47.